The first-order valence-corrected chi connectivity index (χ1v) is 7.24. The molecule has 1 aromatic heterocycles. The normalized spacial score (nSPS) is 15.6. The van der Waals surface area contributed by atoms with Crippen LogP contribution in [0.1, 0.15) is 22.6 Å². The molecule has 1 saturated heterocycles. The van der Waals surface area contributed by atoms with Crippen molar-refractivity contribution < 1.29 is 9.53 Å². The quantitative estimate of drug-likeness (QED) is 0.814. The lowest BCUT2D eigenvalue weighted by Crippen LogP contribution is -2.33. The summed E-state index contributed by atoms with van der Waals surface area (Å²) >= 11 is 1.59. The Morgan fingerprint density at radius 3 is 3.00 bits per heavy atom. The van der Waals surface area contributed by atoms with Crippen LogP contribution in [0.3, 0.4) is 0 Å². The van der Waals surface area contributed by atoms with Crippen molar-refractivity contribution in [2.45, 2.75) is 19.4 Å². The van der Waals surface area contributed by atoms with Gasteiger partial charge in [0.05, 0.1) is 18.0 Å². The predicted molar refractivity (Wildman–Crippen MR) is 75.6 cm³/mol. The molecule has 0 atom stereocenters. The number of nitrogens with one attached hydrogen (secondary N) is 1. The van der Waals surface area contributed by atoms with Crippen molar-refractivity contribution in [2.24, 2.45) is 11.7 Å². The average molecular weight is 278 g/mol. The minimum Gasteiger partial charge on any atom is -0.381 e. The van der Waals surface area contributed by atoms with Gasteiger partial charge in [0.1, 0.15) is 0 Å². The molecule has 1 aromatic rings. The molecule has 2 rings (SSSR count). The number of carbonyl (C=O) groups excluding carboxylic acids is 1. The van der Waals surface area contributed by atoms with Crippen molar-refractivity contribution in [2.75, 3.05) is 19.8 Å². The molecule has 0 unspecified atom stereocenters. The van der Waals surface area contributed by atoms with E-state index in [0.29, 0.717) is 26.3 Å². The maximum absolute atomic E-state index is 11.9. The van der Waals surface area contributed by atoms with E-state index in [4.69, 9.17) is 10.5 Å². The highest BCUT2D eigenvalue weighted by molar-refractivity contribution is 7.12. The van der Waals surface area contributed by atoms with Gasteiger partial charge in [-0.2, -0.15) is 0 Å². The fourth-order valence-corrected chi connectivity index (χ4v) is 2.78. The van der Waals surface area contributed by atoms with E-state index in [1.807, 2.05) is 12.1 Å². The fraction of sp³-hybridized carbons (Fsp3) is 0.500. The topological polar surface area (TPSA) is 64.3 Å². The monoisotopic (exact) mass is 278 g/mol. The molecule has 19 heavy (non-hydrogen) atoms. The smallest absolute Gasteiger partial charge is 0.223 e. The van der Waals surface area contributed by atoms with Gasteiger partial charge in [0.15, 0.2) is 0 Å². The van der Waals surface area contributed by atoms with Crippen molar-refractivity contribution >= 4 is 17.2 Å². The van der Waals surface area contributed by atoms with E-state index in [-0.39, 0.29) is 11.8 Å². The van der Waals surface area contributed by atoms with E-state index in [1.54, 1.807) is 11.3 Å². The largest absolute Gasteiger partial charge is 0.381 e. The molecule has 0 aliphatic carbocycles. The van der Waals surface area contributed by atoms with Crippen molar-refractivity contribution in [1.82, 2.24) is 5.32 Å². The Labute approximate surface area is 117 Å². The summed E-state index contributed by atoms with van der Waals surface area (Å²) in [5.41, 5.74) is 5.33. The van der Waals surface area contributed by atoms with Crippen molar-refractivity contribution in [3.63, 3.8) is 0 Å². The predicted octanol–water partition coefficient (Wildman–Crippen LogP) is 1.10. The van der Waals surface area contributed by atoms with Gasteiger partial charge in [0, 0.05) is 24.0 Å². The zero-order valence-electron chi connectivity index (χ0n) is 10.8. The van der Waals surface area contributed by atoms with Gasteiger partial charge in [0.2, 0.25) is 5.91 Å². The van der Waals surface area contributed by atoms with Gasteiger partial charge >= 0.3 is 0 Å². The Balaban J connectivity index is 1.81. The van der Waals surface area contributed by atoms with E-state index >= 15 is 0 Å². The second kappa shape index (κ2) is 7.29. The highest BCUT2D eigenvalue weighted by Gasteiger charge is 2.21. The van der Waals surface area contributed by atoms with Crippen LogP contribution >= 0.6 is 11.3 Å². The molecule has 2 heterocycles. The summed E-state index contributed by atoms with van der Waals surface area (Å²) in [7, 11) is 0. The minimum absolute atomic E-state index is 0.102. The Morgan fingerprint density at radius 1 is 1.47 bits per heavy atom. The lowest BCUT2D eigenvalue weighted by atomic mass is 9.99. The highest BCUT2D eigenvalue weighted by atomic mass is 32.1. The summed E-state index contributed by atoms with van der Waals surface area (Å²) in [4.78, 5) is 14.0. The molecule has 1 aliphatic heterocycles. The molecule has 0 aromatic carbocycles. The first-order valence-electron chi connectivity index (χ1n) is 6.42. The number of rotatable bonds is 3. The van der Waals surface area contributed by atoms with Crippen molar-refractivity contribution in [3.8, 4) is 11.8 Å². The number of thiophene rings is 1. The van der Waals surface area contributed by atoms with Crippen LogP contribution < -0.4 is 11.1 Å². The second-order valence-corrected chi connectivity index (χ2v) is 5.54. The molecule has 0 spiro atoms. The standard InChI is InChI=1S/C14H18N2O2S/c15-7-1-2-12-3-4-13(19-12)10-16-14(17)11-5-8-18-9-6-11/h3-4,11H,5-10,15H2,(H,16,17). The third-order valence-corrected chi connectivity index (χ3v) is 4.00. The van der Waals surface area contributed by atoms with Crippen molar-refractivity contribution in [1.29, 1.82) is 0 Å². The maximum atomic E-state index is 11.9. The summed E-state index contributed by atoms with van der Waals surface area (Å²) < 4.78 is 5.25. The Bertz CT molecular complexity index is 481. The van der Waals surface area contributed by atoms with E-state index in [0.717, 1.165) is 22.6 Å². The summed E-state index contributed by atoms with van der Waals surface area (Å²) in [5.74, 6) is 6.04. The van der Waals surface area contributed by atoms with Gasteiger partial charge in [-0.05, 0) is 25.0 Å². The number of amides is 1. The second-order valence-electron chi connectivity index (χ2n) is 4.38. The molecular weight excluding hydrogens is 260 g/mol. The summed E-state index contributed by atoms with van der Waals surface area (Å²) in [5, 5.41) is 2.98. The first-order chi connectivity index (χ1) is 9.29. The molecule has 1 aliphatic rings. The van der Waals surface area contributed by atoms with E-state index in [9.17, 15) is 4.79 Å². The minimum atomic E-state index is 0.102. The van der Waals surface area contributed by atoms with Crippen LogP contribution in [0.15, 0.2) is 12.1 Å². The SMILES string of the molecule is NCC#Cc1ccc(CNC(=O)C2CCOCC2)s1. The number of hydrogen-bond acceptors (Lipinski definition) is 4. The number of nitrogens with two attached hydrogens (primary N) is 1. The first kappa shape index (κ1) is 14.1. The van der Waals surface area contributed by atoms with E-state index < -0.39 is 0 Å². The number of hydrogen-bond donors (Lipinski definition) is 2. The summed E-state index contributed by atoms with van der Waals surface area (Å²) in [6.07, 6.45) is 1.65. The molecule has 5 heteroatoms. The number of ether oxygens (including phenoxy) is 1. The van der Waals surface area contributed by atoms with Crippen LogP contribution in [0, 0.1) is 17.8 Å². The van der Waals surface area contributed by atoms with E-state index in [1.165, 1.54) is 0 Å². The molecule has 0 saturated carbocycles. The number of carbonyl (C=O) groups is 1. The van der Waals surface area contributed by atoms with Crippen LogP contribution in [0.2, 0.25) is 0 Å². The third-order valence-electron chi connectivity index (χ3n) is 3.00. The van der Waals surface area contributed by atoms with Gasteiger partial charge < -0.3 is 15.8 Å². The van der Waals surface area contributed by atoms with Crippen LogP contribution in [0.5, 0.6) is 0 Å². The Morgan fingerprint density at radius 2 is 2.26 bits per heavy atom. The maximum Gasteiger partial charge on any atom is 0.223 e. The van der Waals surface area contributed by atoms with E-state index in [2.05, 4.69) is 17.2 Å². The zero-order valence-corrected chi connectivity index (χ0v) is 11.6. The molecule has 3 N–H and O–H groups in total. The van der Waals surface area contributed by atoms with Crippen LogP contribution in [0.4, 0.5) is 0 Å². The summed E-state index contributed by atoms with van der Waals surface area (Å²) in [6, 6.07) is 3.96. The van der Waals surface area contributed by atoms with Gasteiger partial charge in [-0.15, -0.1) is 11.3 Å². The van der Waals surface area contributed by atoms with Gasteiger partial charge in [-0.3, -0.25) is 4.79 Å². The van der Waals surface area contributed by atoms with Gasteiger partial charge in [-0.1, -0.05) is 11.8 Å². The van der Waals surface area contributed by atoms with Crippen LogP contribution in [-0.2, 0) is 16.1 Å². The highest BCUT2D eigenvalue weighted by Crippen LogP contribution is 2.17. The Hall–Kier alpha value is -1.35. The molecule has 1 fully saturated rings. The average Bonchev–Trinajstić information content (AvgIpc) is 2.91. The lowest BCUT2D eigenvalue weighted by Gasteiger charge is -2.20. The van der Waals surface area contributed by atoms with Gasteiger partial charge in [-0.25, -0.2) is 0 Å². The molecule has 102 valence electrons. The lowest BCUT2D eigenvalue weighted by molar-refractivity contribution is -0.128. The molecule has 1 amide bonds. The summed E-state index contributed by atoms with van der Waals surface area (Å²) in [6.45, 7) is 2.32. The van der Waals surface area contributed by atoms with Crippen LogP contribution in [0.25, 0.3) is 0 Å². The van der Waals surface area contributed by atoms with Crippen molar-refractivity contribution in [3.05, 3.63) is 21.9 Å². The van der Waals surface area contributed by atoms with Crippen LogP contribution in [-0.4, -0.2) is 25.7 Å². The molecule has 0 bridgehead atoms. The molecular formula is C14H18N2O2S. The molecule has 0 radical (unpaired) electrons. The van der Waals surface area contributed by atoms with Gasteiger partial charge in [0.25, 0.3) is 0 Å². The zero-order chi connectivity index (χ0) is 13.5. The molecule has 4 nitrogen and oxygen atoms in total. The Kier molecular flexibility index (Phi) is 5.40. The third kappa shape index (κ3) is 4.35. The fourth-order valence-electron chi connectivity index (χ4n) is 1.96.